The topological polar surface area (TPSA) is 122 Å². The van der Waals surface area contributed by atoms with E-state index in [1.54, 1.807) is 24.3 Å². The summed E-state index contributed by atoms with van der Waals surface area (Å²) >= 11 is 0. The molecule has 2 aromatic carbocycles. The van der Waals surface area contributed by atoms with Crippen molar-refractivity contribution in [2.45, 2.75) is 44.2 Å². The molecule has 0 aliphatic heterocycles. The van der Waals surface area contributed by atoms with E-state index >= 15 is 0 Å². The van der Waals surface area contributed by atoms with Crippen LogP contribution in [0.4, 0.5) is 16.2 Å². The molecule has 164 valence electrons. The predicted octanol–water partition coefficient (Wildman–Crippen LogP) is 3.43. The van der Waals surface area contributed by atoms with Crippen molar-refractivity contribution in [3.05, 3.63) is 60.2 Å². The van der Waals surface area contributed by atoms with Gasteiger partial charge in [0.15, 0.2) is 0 Å². The van der Waals surface area contributed by atoms with Gasteiger partial charge in [0, 0.05) is 12.6 Å². The summed E-state index contributed by atoms with van der Waals surface area (Å²) in [5.41, 5.74) is 7.64. The molecule has 1 aliphatic rings. The number of rotatable bonds is 7. The van der Waals surface area contributed by atoms with Crippen LogP contribution in [0.3, 0.4) is 0 Å². The number of para-hydroxylation sites is 2. The summed E-state index contributed by atoms with van der Waals surface area (Å²) in [5, 5.41) is 12.0. The molecule has 0 aromatic heterocycles. The smallest absolute Gasteiger partial charge is 0.415 e. The first kappa shape index (κ1) is 22.1. The number of carbonyl (C=O) groups is 3. The van der Waals surface area contributed by atoms with Gasteiger partial charge in [-0.05, 0) is 37.1 Å². The number of anilines is 2. The summed E-state index contributed by atoms with van der Waals surface area (Å²) in [6, 6.07) is 14.1. The van der Waals surface area contributed by atoms with Crippen LogP contribution >= 0.6 is 0 Å². The standard InChI is InChI=1S/C23H27N3O5/c24-18-13-7-8-14-20(18)26(17-11-5-2-6-12-17)15-19(21(27)28)25-23(30)31-22(29)16-9-3-1-4-10-16/h1,3-4,7-10,13-14,17,19H,2,5-6,11-12,15,24H2,(H,25,30)(H,27,28)/t19-/m1/s1. The van der Waals surface area contributed by atoms with Crippen LogP contribution < -0.4 is 16.0 Å². The Bertz CT molecular complexity index is 912. The van der Waals surface area contributed by atoms with Crippen LogP contribution in [0.5, 0.6) is 0 Å². The molecular weight excluding hydrogens is 398 g/mol. The summed E-state index contributed by atoms with van der Waals surface area (Å²) < 4.78 is 4.78. The molecule has 4 N–H and O–H groups in total. The molecule has 0 bridgehead atoms. The van der Waals surface area contributed by atoms with Gasteiger partial charge in [-0.3, -0.25) is 0 Å². The monoisotopic (exact) mass is 425 g/mol. The Morgan fingerprint density at radius 1 is 1.03 bits per heavy atom. The Labute approximate surface area is 181 Å². The number of esters is 1. The second-order valence-electron chi connectivity index (χ2n) is 7.58. The maximum absolute atomic E-state index is 12.2. The third-order valence-corrected chi connectivity index (χ3v) is 5.43. The van der Waals surface area contributed by atoms with Gasteiger partial charge < -0.3 is 25.8 Å². The molecule has 1 atom stereocenters. The van der Waals surface area contributed by atoms with Crippen molar-refractivity contribution in [3.8, 4) is 0 Å². The minimum Gasteiger partial charge on any atom is -0.480 e. The van der Waals surface area contributed by atoms with Crippen molar-refractivity contribution in [1.82, 2.24) is 5.32 Å². The zero-order valence-electron chi connectivity index (χ0n) is 17.2. The predicted molar refractivity (Wildman–Crippen MR) is 117 cm³/mol. The highest BCUT2D eigenvalue weighted by Crippen LogP contribution is 2.31. The number of amides is 1. The molecule has 1 fully saturated rings. The molecule has 0 spiro atoms. The van der Waals surface area contributed by atoms with Gasteiger partial charge in [0.05, 0.1) is 16.9 Å². The Morgan fingerprint density at radius 3 is 2.32 bits per heavy atom. The van der Waals surface area contributed by atoms with E-state index in [4.69, 9.17) is 10.5 Å². The summed E-state index contributed by atoms with van der Waals surface area (Å²) in [5.74, 6) is -2.07. The fourth-order valence-electron chi connectivity index (χ4n) is 3.86. The summed E-state index contributed by atoms with van der Waals surface area (Å²) in [6.45, 7) is 0.00282. The average molecular weight is 425 g/mol. The number of carboxylic acid groups (broad SMARTS) is 1. The van der Waals surface area contributed by atoms with E-state index < -0.39 is 24.1 Å². The van der Waals surface area contributed by atoms with Crippen LogP contribution in [0.25, 0.3) is 0 Å². The molecule has 0 unspecified atom stereocenters. The lowest BCUT2D eigenvalue weighted by Gasteiger charge is -2.38. The second kappa shape index (κ2) is 10.5. The Morgan fingerprint density at radius 2 is 1.68 bits per heavy atom. The number of hydrogen-bond acceptors (Lipinski definition) is 6. The molecule has 0 heterocycles. The lowest BCUT2D eigenvalue weighted by atomic mass is 9.93. The number of alkyl carbamates (subject to hydrolysis) is 1. The van der Waals surface area contributed by atoms with Crippen molar-refractivity contribution in [2.24, 2.45) is 0 Å². The van der Waals surface area contributed by atoms with Crippen molar-refractivity contribution >= 4 is 29.4 Å². The maximum atomic E-state index is 12.2. The number of nitrogen functional groups attached to an aromatic ring is 1. The molecule has 1 amide bonds. The number of nitrogens with two attached hydrogens (primary N) is 1. The van der Waals surface area contributed by atoms with E-state index in [0.717, 1.165) is 37.8 Å². The largest absolute Gasteiger partial charge is 0.480 e. The van der Waals surface area contributed by atoms with Crippen molar-refractivity contribution in [1.29, 1.82) is 0 Å². The molecule has 2 aromatic rings. The normalized spacial score (nSPS) is 15.0. The summed E-state index contributed by atoms with van der Waals surface area (Å²) in [4.78, 5) is 38.2. The van der Waals surface area contributed by atoms with E-state index in [1.165, 1.54) is 12.1 Å². The second-order valence-corrected chi connectivity index (χ2v) is 7.58. The van der Waals surface area contributed by atoms with E-state index in [1.807, 2.05) is 23.1 Å². The molecule has 1 aliphatic carbocycles. The highest BCUT2D eigenvalue weighted by atomic mass is 16.6. The van der Waals surface area contributed by atoms with E-state index in [0.29, 0.717) is 5.69 Å². The molecule has 3 rings (SSSR count). The number of nitrogens with zero attached hydrogens (tertiary/aromatic N) is 1. The van der Waals surface area contributed by atoms with Gasteiger partial charge in [-0.1, -0.05) is 49.6 Å². The van der Waals surface area contributed by atoms with Crippen molar-refractivity contribution in [3.63, 3.8) is 0 Å². The molecular formula is C23H27N3O5. The van der Waals surface area contributed by atoms with Gasteiger partial charge in [0.2, 0.25) is 0 Å². The van der Waals surface area contributed by atoms with E-state index in [2.05, 4.69) is 5.32 Å². The first-order chi connectivity index (χ1) is 15.0. The highest BCUT2D eigenvalue weighted by molar-refractivity contribution is 5.97. The van der Waals surface area contributed by atoms with Gasteiger partial charge in [-0.2, -0.15) is 0 Å². The molecule has 1 saturated carbocycles. The first-order valence-corrected chi connectivity index (χ1v) is 10.4. The minimum absolute atomic E-state index is 0.00282. The van der Waals surface area contributed by atoms with Crippen LogP contribution in [0.15, 0.2) is 54.6 Å². The van der Waals surface area contributed by atoms with Gasteiger partial charge >= 0.3 is 18.0 Å². The quantitative estimate of drug-likeness (QED) is 0.353. The van der Waals surface area contributed by atoms with Crippen molar-refractivity contribution in [2.75, 3.05) is 17.2 Å². The molecule has 8 heteroatoms. The third-order valence-electron chi connectivity index (χ3n) is 5.43. The fourth-order valence-corrected chi connectivity index (χ4v) is 3.86. The van der Waals surface area contributed by atoms with Crippen LogP contribution in [0, 0.1) is 0 Å². The lowest BCUT2D eigenvalue weighted by Crippen LogP contribution is -2.52. The number of carboxylic acids is 1. The van der Waals surface area contributed by atoms with Gasteiger partial charge in [0.1, 0.15) is 6.04 Å². The maximum Gasteiger partial charge on any atom is 0.415 e. The number of aliphatic carboxylic acids is 1. The van der Waals surface area contributed by atoms with Gasteiger partial charge in [0.25, 0.3) is 0 Å². The zero-order valence-corrected chi connectivity index (χ0v) is 17.2. The van der Waals surface area contributed by atoms with Crippen LogP contribution in [0.1, 0.15) is 42.5 Å². The minimum atomic E-state index is -1.28. The Kier molecular flexibility index (Phi) is 7.48. The van der Waals surface area contributed by atoms with Crippen LogP contribution in [-0.2, 0) is 9.53 Å². The van der Waals surface area contributed by atoms with Gasteiger partial charge in [-0.25, -0.2) is 14.4 Å². The van der Waals surface area contributed by atoms with E-state index in [9.17, 15) is 19.5 Å². The molecule has 31 heavy (non-hydrogen) atoms. The van der Waals surface area contributed by atoms with Crippen LogP contribution in [-0.4, -0.2) is 41.8 Å². The van der Waals surface area contributed by atoms with E-state index in [-0.39, 0.29) is 18.2 Å². The van der Waals surface area contributed by atoms with Gasteiger partial charge in [-0.15, -0.1) is 0 Å². The Balaban J connectivity index is 1.73. The number of benzene rings is 2. The lowest BCUT2D eigenvalue weighted by molar-refractivity contribution is -0.139. The Hall–Kier alpha value is -3.55. The summed E-state index contributed by atoms with van der Waals surface area (Å²) in [6.07, 6.45) is 3.96. The average Bonchev–Trinajstić information content (AvgIpc) is 2.78. The molecule has 0 saturated heterocycles. The first-order valence-electron chi connectivity index (χ1n) is 10.4. The third kappa shape index (κ3) is 5.97. The SMILES string of the molecule is Nc1ccccc1N(C[C@@H](NC(=O)OC(=O)c1ccccc1)C(=O)O)C1CCCCC1. The number of carbonyl (C=O) groups excluding carboxylic acids is 2. The molecule has 0 radical (unpaired) electrons. The number of nitrogens with one attached hydrogen (secondary N) is 1. The highest BCUT2D eigenvalue weighted by Gasteiger charge is 2.30. The fraction of sp³-hybridized carbons (Fsp3) is 0.348. The van der Waals surface area contributed by atoms with Crippen LogP contribution in [0.2, 0.25) is 0 Å². The van der Waals surface area contributed by atoms with Crippen molar-refractivity contribution < 1.29 is 24.2 Å². The zero-order chi connectivity index (χ0) is 22.2. The molecule has 8 nitrogen and oxygen atoms in total. The number of ether oxygens (including phenoxy) is 1. The number of hydrogen-bond donors (Lipinski definition) is 3. The summed E-state index contributed by atoms with van der Waals surface area (Å²) in [7, 11) is 0.